The Morgan fingerprint density at radius 2 is 1.82 bits per heavy atom. The molecular weight excluding hydrogens is 424 g/mol. The van der Waals surface area contributed by atoms with Crippen LogP contribution in [0.25, 0.3) is 0 Å². The third kappa shape index (κ3) is 2.48. The van der Waals surface area contributed by atoms with Gasteiger partial charge in [-0.3, -0.25) is 9.59 Å². The number of hydrogen-bond donors (Lipinski definition) is 0. The minimum atomic E-state index is -0.231. The summed E-state index contributed by atoms with van der Waals surface area (Å²) >= 11 is 3.48. The topological polar surface area (TPSA) is 68.2 Å². The molecule has 2 saturated carbocycles. The van der Waals surface area contributed by atoms with Crippen molar-refractivity contribution in [1.82, 2.24) is 5.01 Å². The summed E-state index contributed by atoms with van der Waals surface area (Å²) in [6, 6.07) is 3.60. The second-order valence-corrected chi connectivity index (χ2v) is 8.71. The SMILES string of the molecule is CCOc1c(Br)cc(/C=N\N2C(=O)[C@H]3[C@@H]4C=C[C@H]([C@@H]5C[C@H]45)[C@@H]3C2=O)cc1OC. The molecule has 6 rings (SSSR count). The first kappa shape index (κ1) is 17.9. The molecule has 1 aliphatic heterocycles. The highest BCUT2D eigenvalue weighted by Crippen LogP contribution is 2.65. The van der Waals surface area contributed by atoms with Crippen molar-refractivity contribution in [1.29, 1.82) is 0 Å². The fourth-order valence-corrected chi connectivity index (χ4v) is 5.85. The first-order chi connectivity index (χ1) is 13.5. The monoisotopic (exact) mass is 444 g/mol. The van der Waals surface area contributed by atoms with Crippen LogP contribution in [0.15, 0.2) is 33.9 Å². The van der Waals surface area contributed by atoms with Crippen LogP contribution in [0.5, 0.6) is 11.5 Å². The average Bonchev–Trinajstić information content (AvgIpc) is 3.47. The molecule has 0 unspecified atom stereocenters. The summed E-state index contributed by atoms with van der Waals surface area (Å²) in [4.78, 5) is 25.9. The number of hydrazone groups is 1. The molecule has 0 aromatic heterocycles. The van der Waals surface area contributed by atoms with Gasteiger partial charge in [-0.1, -0.05) is 12.2 Å². The van der Waals surface area contributed by atoms with Crippen molar-refractivity contribution in [3.05, 3.63) is 34.3 Å². The van der Waals surface area contributed by atoms with Crippen LogP contribution in [-0.4, -0.2) is 36.8 Å². The standard InChI is InChI=1S/C21H21BrN2O4/c1-3-28-19-15(22)6-10(7-16(19)27-2)9-23-24-20(25)17-11-4-5-12(14-8-13(11)14)18(17)21(24)26/h4-7,9,11-14,17-18H,3,8H2,1-2H3/b23-9-/t11-,12-,13-,14+,17+,18+/m1/s1. The summed E-state index contributed by atoms with van der Waals surface area (Å²) < 4.78 is 11.7. The van der Waals surface area contributed by atoms with Crippen LogP contribution in [0.4, 0.5) is 0 Å². The normalized spacial score (nSPS) is 34.8. The van der Waals surface area contributed by atoms with Gasteiger partial charge in [0.2, 0.25) is 0 Å². The molecule has 146 valence electrons. The summed E-state index contributed by atoms with van der Waals surface area (Å²) in [5.74, 6) is 1.98. The van der Waals surface area contributed by atoms with Gasteiger partial charge < -0.3 is 9.47 Å². The fraction of sp³-hybridized carbons (Fsp3) is 0.476. The van der Waals surface area contributed by atoms with Gasteiger partial charge in [0.25, 0.3) is 11.8 Å². The Morgan fingerprint density at radius 1 is 1.18 bits per heavy atom. The van der Waals surface area contributed by atoms with Gasteiger partial charge in [0.15, 0.2) is 11.5 Å². The van der Waals surface area contributed by atoms with Crippen LogP contribution >= 0.6 is 15.9 Å². The molecule has 5 aliphatic rings. The van der Waals surface area contributed by atoms with Crippen molar-refractivity contribution < 1.29 is 19.1 Å². The molecule has 0 N–H and O–H groups in total. The van der Waals surface area contributed by atoms with Crippen LogP contribution in [0.3, 0.4) is 0 Å². The minimum absolute atomic E-state index is 0.159. The number of ether oxygens (including phenoxy) is 2. The lowest BCUT2D eigenvalue weighted by atomic mass is 9.63. The van der Waals surface area contributed by atoms with Crippen molar-refractivity contribution in [3.63, 3.8) is 0 Å². The molecular formula is C21H21BrN2O4. The van der Waals surface area contributed by atoms with Gasteiger partial charge in [-0.05, 0) is 70.6 Å². The lowest BCUT2D eigenvalue weighted by Gasteiger charge is -2.37. The number of carbonyl (C=O) groups excluding carboxylic acids is 2. The molecule has 1 aromatic rings. The van der Waals surface area contributed by atoms with Crippen molar-refractivity contribution >= 4 is 34.0 Å². The minimum Gasteiger partial charge on any atom is -0.493 e. The highest BCUT2D eigenvalue weighted by molar-refractivity contribution is 9.10. The predicted molar refractivity (Wildman–Crippen MR) is 106 cm³/mol. The number of methoxy groups -OCH3 is 1. The number of carbonyl (C=O) groups is 2. The highest BCUT2D eigenvalue weighted by Gasteiger charge is 2.67. The smallest absolute Gasteiger partial charge is 0.254 e. The number of benzene rings is 1. The molecule has 4 aliphatic carbocycles. The molecule has 1 saturated heterocycles. The Hall–Kier alpha value is -2.15. The predicted octanol–water partition coefficient (Wildman–Crippen LogP) is 3.24. The molecule has 7 heteroatoms. The second-order valence-electron chi connectivity index (χ2n) is 7.85. The van der Waals surface area contributed by atoms with Crippen molar-refractivity contribution in [2.24, 2.45) is 40.6 Å². The van der Waals surface area contributed by atoms with E-state index in [4.69, 9.17) is 9.47 Å². The van der Waals surface area contributed by atoms with E-state index in [1.54, 1.807) is 13.2 Å². The molecule has 1 aromatic carbocycles. The molecule has 28 heavy (non-hydrogen) atoms. The Morgan fingerprint density at radius 3 is 2.39 bits per heavy atom. The van der Waals surface area contributed by atoms with Crippen LogP contribution in [-0.2, 0) is 9.59 Å². The zero-order valence-electron chi connectivity index (χ0n) is 15.7. The van der Waals surface area contributed by atoms with Gasteiger partial charge in [0.05, 0.1) is 36.2 Å². The third-order valence-electron chi connectivity index (χ3n) is 6.50. The van der Waals surface area contributed by atoms with Crippen LogP contribution in [0.1, 0.15) is 18.9 Å². The lowest BCUT2D eigenvalue weighted by molar-refractivity contribution is -0.140. The largest absolute Gasteiger partial charge is 0.493 e. The van der Waals surface area contributed by atoms with Gasteiger partial charge in [-0.15, -0.1) is 0 Å². The third-order valence-corrected chi connectivity index (χ3v) is 7.09. The highest BCUT2D eigenvalue weighted by atomic mass is 79.9. The van der Waals surface area contributed by atoms with E-state index in [0.29, 0.717) is 35.5 Å². The molecule has 2 amide bonds. The van der Waals surface area contributed by atoms with Gasteiger partial charge in [-0.25, -0.2) is 0 Å². The summed E-state index contributed by atoms with van der Waals surface area (Å²) in [6.07, 6.45) is 7.00. The fourth-order valence-electron chi connectivity index (χ4n) is 5.28. The summed E-state index contributed by atoms with van der Waals surface area (Å²) in [7, 11) is 1.57. The molecule has 6 atom stereocenters. The second kappa shape index (κ2) is 6.44. The lowest BCUT2D eigenvalue weighted by Crippen LogP contribution is -2.40. The van der Waals surface area contributed by atoms with E-state index < -0.39 is 0 Å². The van der Waals surface area contributed by atoms with Crippen molar-refractivity contribution in [3.8, 4) is 11.5 Å². The van der Waals surface area contributed by atoms with Gasteiger partial charge in [-0.2, -0.15) is 10.1 Å². The molecule has 1 heterocycles. The zero-order valence-corrected chi connectivity index (χ0v) is 17.3. The maximum Gasteiger partial charge on any atom is 0.254 e. The number of rotatable bonds is 5. The molecule has 0 spiro atoms. The number of amides is 2. The number of nitrogens with zero attached hydrogens (tertiary/aromatic N) is 2. The number of allylic oxidation sites excluding steroid dienone is 2. The first-order valence-electron chi connectivity index (χ1n) is 9.65. The summed E-state index contributed by atoms with van der Waals surface area (Å²) in [6.45, 7) is 2.41. The Kier molecular flexibility index (Phi) is 4.12. The molecule has 0 radical (unpaired) electrons. The van der Waals surface area contributed by atoms with E-state index >= 15 is 0 Å². The Labute approximate surface area is 171 Å². The van der Waals surface area contributed by atoms with Crippen LogP contribution < -0.4 is 9.47 Å². The van der Waals surface area contributed by atoms with Gasteiger partial charge >= 0.3 is 0 Å². The maximum atomic E-state index is 13.0. The van der Waals surface area contributed by atoms with E-state index in [1.807, 2.05) is 13.0 Å². The summed E-state index contributed by atoms with van der Waals surface area (Å²) in [5.41, 5.74) is 0.714. The average molecular weight is 445 g/mol. The zero-order chi connectivity index (χ0) is 19.6. The summed E-state index contributed by atoms with van der Waals surface area (Å²) in [5, 5.41) is 5.36. The van der Waals surface area contributed by atoms with Crippen molar-refractivity contribution in [2.45, 2.75) is 13.3 Å². The van der Waals surface area contributed by atoms with E-state index in [-0.39, 0.29) is 35.5 Å². The number of imide groups is 1. The number of halogens is 1. The molecule has 6 nitrogen and oxygen atoms in total. The molecule has 3 fully saturated rings. The Balaban J connectivity index is 1.41. The van der Waals surface area contributed by atoms with Gasteiger partial charge in [0.1, 0.15) is 0 Å². The first-order valence-corrected chi connectivity index (χ1v) is 10.4. The molecule has 2 bridgehead atoms. The van der Waals surface area contributed by atoms with E-state index in [0.717, 1.165) is 15.9 Å². The quantitative estimate of drug-likeness (QED) is 0.397. The van der Waals surface area contributed by atoms with E-state index in [1.165, 1.54) is 6.21 Å². The Bertz CT molecular complexity index is 891. The van der Waals surface area contributed by atoms with Gasteiger partial charge in [0, 0.05) is 0 Å². The van der Waals surface area contributed by atoms with E-state index in [9.17, 15) is 9.59 Å². The van der Waals surface area contributed by atoms with E-state index in [2.05, 4.69) is 33.2 Å². The maximum absolute atomic E-state index is 13.0. The number of hydrogen-bond acceptors (Lipinski definition) is 5. The van der Waals surface area contributed by atoms with Crippen LogP contribution in [0.2, 0.25) is 0 Å². The van der Waals surface area contributed by atoms with Crippen molar-refractivity contribution in [2.75, 3.05) is 13.7 Å². The van der Waals surface area contributed by atoms with Crippen LogP contribution in [0, 0.1) is 35.5 Å².